The minimum absolute atomic E-state index is 0.0199. The fourth-order valence-corrected chi connectivity index (χ4v) is 4.60. The number of hydrogen-bond acceptors (Lipinski definition) is 6. The Morgan fingerprint density at radius 1 is 1.12 bits per heavy atom. The molecule has 1 amide bonds. The minimum Gasteiger partial charge on any atom is -0.337 e. The van der Waals surface area contributed by atoms with Gasteiger partial charge in [-0.1, -0.05) is 19.1 Å². The molecule has 10 heteroatoms. The Bertz CT molecular complexity index is 1090. The summed E-state index contributed by atoms with van der Waals surface area (Å²) in [5, 5.41) is 14.8. The summed E-state index contributed by atoms with van der Waals surface area (Å²) in [7, 11) is 0. The molecule has 3 heterocycles. The lowest BCUT2D eigenvalue weighted by atomic mass is 9.96. The topological polar surface area (TPSA) is 103 Å². The van der Waals surface area contributed by atoms with E-state index in [0.717, 1.165) is 44.5 Å². The molecular formula is C22H32N8O2. The first-order valence-electron chi connectivity index (χ1n) is 11.4. The SMILES string of the molecule is CC(CN1CCC(CNC(=O)n2c(=O)n(C(C)C)c3ccccc32)CC1)Cn1ncnn1. The van der Waals surface area contributed by atoms with Crippen LogP contribution in [0.3, 0.4) is 0 Å². The van der Waals surface area contributed by atoms with Gasteiger partial charge in [-0.2, -0.15) is 4.80 Å². The number of carbonyl (C=O) groups is 1. The van der Waals surface area contributed by atoms with Crippen molar-refractivity contribution in [2.75, 3.05) is 26.2 Å². The number of aromatic nitrogens is 6. The van der Waals surface area contributed by atoms with Gasteiger partial charge in [-0.25, -0.2) is 14.2 Å². The van der Waals surface area contributed by atoms with Gasteiger partial charge in [0.1, 0.15) is 0 Å². The summed E-state index contributed by atoms with van der Waals surface area (Å²) in [5.41, 5.74) is 1.14. The number of carbonyl (C=O) groups excluding carboxylic acids is 1. The third kappa shape index (κ3) is 4.74. The van der Waals surface area contributed by atoms with Crippen LogP contribution in [0.15, 0.2) is 35.4 Å². The summed E-state index contributed by atoms with van der Waals surface area (Å²) in [5.74, 6) is 0.849. The van der Waals surface area contributed by atoms with Crippen molar-refractivity contribution in [3.8, 4) is 0 Å². The van der Waals surface area contributed by atoms with Crippen LogP contribution >= 0.6 is 0 Å². The zero-order valence-electron chi connectivity index (χ0n) is 19.0. The molecule has 0 aliphatic carbocycles. The van der Waals surface area contributed by atoms with Crippen molar-refractivity contribution in [3.05, 3.63) is 41.1 Å². The maximum atomic E-state index is 12.9. The van der Waals surface area contributed by atoms with Crippen LogP contribution in [0.25, 0.3) is 11.0 Å². The zero-order valence-corrected chi connectivity index (χ0v) is 19.0. The Morgan fingerprint density at radius 2 is 1.84 bits per heavy atom. The summed E-state index contributed by atoms with van der Waals surface area (Å²) in [4.78, 5) is 29.9. The van der Waals surface area contributed by atoms with Crippen LogP contribution in [0, 0.1) is 11.8 Å². The van der Waals surface area contributed by atoms with Crippen LogP contribution in [0.2, 0.25) is 0 Å². The van der Waals surface area contributed by atoms with Crippen LogP contribution in [0.1, 0.15) is 39.7 Å². The van der Waals surface area contributed by atoms with E-state index in [1.165, 1.54) is 10.9 Å². The van der Waals surface area contributed by atoms with Crippen molar-refractivity contribution in [3.63, 3.8) is 0 Å². The first-order valence-corrected chi connectivity index (χ1v) is 11.4. The second-order valence-corrected chi connectivity index (χ2v) is 9.10. The van der Waals surface area contributed by atoms with E-state index >= 15 is 0 Å². The van der Waals surface area contributed by atoms with E-state index in [1.807, 2.05) is 38.1 Å². The number of tetrazole rings is 1. The molecule has 3 aromatic rings. The number of likely N-dealkylation sites (tertiary alicyclic amines) is 1. The Balaban J connectivity index is 1.30. The summed E-state index contributed by atoms with van der Waals surface area (Å²) in [6.07, 6.45) is 3.51. The lowest BCUT2D eigenvalue weighted by molar-refractivity contribution is 0.154. The molecule has 32 heavy (non-hydrogen) atoms. The number of benzene rings is 1. The van der Waals surface area contributed by atoms with Crippen LogP contribution < -0.4 is 11.0 Å². The van der Waals surface area contributed by atoms with E-state index < -0.39 is 0 Å². The molecule has 1 aliphatic rings. The van der Waals surface area contributed by atoms with Crippen molar-refractivity contribution >= 4 is 17.1 Å². The lowest BCUT2D eigenvalue weighted by Gasteiger charge is -2.33. The van der Waals surface area contributed by atoms with Gasteiger partial charge in [0.15, 0.2) is 6.33 Å². The zero-order chi connectivity index (χ0) is 22.7. The number of nitrogens with zero attached hydrogens (tertiary/aromatic N) is 7. The maximum Gasteiger partial charge on any atom is 0.337 e. The van der Waals surface area contributed by atoms with Crippen molar-refractivity contribution < 1.29 is 4.79 Å². The highest BCUT2D eigenvalue weighted by Gasteiger charge is 2.23. The molecule has 0 spiro atoms. The summed E-state index contributed by atoms with van der Waals surface area (Å²) in [6, 6.07) is 7.08. The standard InChI is InChI=1S/C22H32N8O2/c1-16(2)29-19-6-4-5-7-20(19)30(22(29)32)21(31)23-12-18-8-10-27(11-9-18)13-17(3)14-28-25-15-24-26-28/h4-7,15-18H,8-14H2,1-3H3,(H,23,31). The predicted molar refractivity (Wildman–Crippen MR) is 122 cm³/mol. The number of amides is 1. The minimum atomic E-state index is -0.345. The summed E-state index contributed by atoms with van der Waals surface area (Å²) >= 11 is 0. The number of hydrogen-bond donors (Lipinski definition) is 1. The number of imidazole rings is 1. The van der Waals surface area contributed by atoms with E-state index in [9.17, 15) is 9.59 Å². The number of rotatable bonds is 7. The van der Waals surface area contributed by atoms with Crippen molar-refractivity contribution in [1.29, 1.82) is 0 Å². The first kappa shape index (κ1) is 22.2. The van der Waals surface area contributed by atoms with E-state index in [4.69, 9.17) is 0 Å². The molecule has 1 atom stereocenters. The molecule has 10 nitrogen and oxygen atoms in total. The third-order valence-corrected chi connectivity index (χ3v) is 6.18. The largest absolute Gasteiger partial charge is 0.337 e. The predicted octanol–water partition coefficient (Wildman–Crippen LogP) is 1.98. The van der Waals surface area contributed by atoms with E-state index in [-0.39, 0.29) is 17.8 Å². The monoisotopic (exact) mass is 440 g/mol. The molecule has 0 saturated carbocycles. The molecule has 0 bridgehead atoms. The van der Waals surface area contributed by atoms with Gasteiger partial charge in [-0.15, -0.1) is 10.2 Å². The lowest BCUT2D eigenvalue weighted by Crippen LogP contribution is -2.43. The van der Waals surface area contributed by atoms with E-state index in [0.29, 0.717) is 23.9 Å². The number of piperidine rings is 1. The molecule has 1 saturated heterocycles. The Labute approximate surface area is 187 Å². The normalized spacial score (nSPS) is 16.6. The molecule has 1 unspecified atom stereocenters. The van der Waals surface area contributed by atoms with Gasteiger partial charge in [0.2, 0.25) is 0 Å². The molecule has 4 rings (SSSR count). The highest BCUT2D eigenvalue weighted by Crippen LogP contribution is 2.19. The van der Waals surface area contributed by atoms with Crippen molar-refractivity contribution in [2.24, 2.45) is 11.8 Å². The average molecular weight is 441 g/mol. The van der Waals surface area contributed by atoms with Gasteiger partial charge in [0.25, 0.3) is 0 Å². The van der Waals surface area contributed by atoms with Crippen molar-refractivity contribution in [2.45, 2.75) is 46.2 Å². The quantitative estimate of drug-likeness (QED) is 0.603. The van der Waals surface area contributed by atoms with Gasteiger partial charge in [-0.05, 0) is 69.0 Å². The van der Waals surface area contributed by atoms with Gasteiger partial charge in [-0.3, -0.25) is 4.57 Å². The van der Waals surface area contributed by atoms with Crippen LogP contribution in [0.5, 0.6) is 0 Å². The Hall–Kier alpha value is -3.01. The van der Waals surface area contributed by atoms with Gasteiger partial charge >= 0.3 is 11.7 Å². The summed E-state index contributed by atoms with van der Waals surface area (Å²) in [6.45, 7) is 10.4. The van der Waals surface area contributed by atoms with E-state index in [1.54, 1.807) is 9.36 Å². The van der Waals surface area contributed by atoms with E-state index in [2.05, 4.69) is 32.6 Å². The molecule has 2 aromatic heterocycles. The first-order chi connectivity index (χ1) is 15.4. The summed E-state index contributed by atoms with van der Waals surface area (Å²) < 4.78 is 2.94. The highest BCUT2D eigenvalue weighted by molar-refractivity contribution is 5.89. The molecule has 1 aliphatic heterocycles. The number of fused-ring (bicyclic) bond motifs is 1. The third-order valence-electron chi connectivity index (χ3n) is 6.18. The molecular weight excluding hydrogens is 408 g/mol. The van der Waals surface area contributed by atoms with Crippen LogP contribution in [-0.4, -0.2) is 66.5 Å². The Kier molecular flexibility index (Phi) is 6.69. The fraction of sp³-hybridized carbons (Fsp3) is 0.591. The molecule has 0 radical (unpaired) electrons. The average Bonchev–Trinajstić information content (AvgIpc) is 3.37. The molecule has 1 fully saturated rings. The van der Waals surface area contributed by atoms with Crippen LogP contribution in [-0.2, 0) is 6.54 Å². The smallest absolute Gasteiger partial charge is 0.337 e. The fourth-order valence-electron chi connectivity index (χ4n) is 4.60. The number of nitrogens with one attached hydrogen (secondary N) is 1. The molecule has 1 aromatic carbocycles. The van der Waals surface area contributed by atoms with Crippen molar-refractivity contribution in [1.82, 2.24) is 39.6 Å². The number of para-hydroxylation sites is 2. The second kappa shape index (κ2) is 9.64. The van der Waals surface area contributed by atoms with Gasteiger partial charge in [0.05, 0.1) is 17.6 Å². The second-order valence-electron chi connectivity index (χ2n) is 9.10. The Morgan fingerprint density at radius 3 is 2.50 bits per heavy atom. The van der Waals surface area contributed by atoms with Gasteiger partial charge < -0.3 is 10.2 Å². The molecule has 172 valence electrons. The van der Waals surface area contributed by atoms with Crippen LogP contribution in [0.4, 0.5) is 4.79 Å². The molecule has 1 N–H and O–H groups in total. The van der Waals surface area contributed by atoms with Gasteiger partial charge in [0, 0.05) is 19.1 Å². The maximum absolute atomic E-state index is 12.9. The highest BCUT2D eigenvalue weighted by atomic mass is 16.2.